The van der Waals surface area contributed by atoms with E-state index in [1.165, 1.54) is 23.5 Å². The van der Waals surface area contributed by atoms with Crippen molar-refractivity contribution in [3.05, 3.63) is 100 Å². The fourth-order valence-electron chi connectivity index (χ4n) is 5.08. The third-order valence-corrected chi connectivity index (χ3v) is 8.99. The fourth-order valence-corrected chi connectivity index (χ4v) is 6.56. The number of ether oxygens (including phenoxy) is 1. The van der Waals surface area contributed by atoms with E-state index in [1.54, 1.807) is 17.0 Å². The molecule has 3 aromatic carbocycles. The first-order valence-corrected chi connectivity index (χ1v) is 14.8. The van der Waals surface area contributed by atoms with Crippen LogP contribution in [0.5, 0.6) is 5.75 Å². The molecule has 0 radical (unpaired) electrons. The van der Waals surface area contributed by atoms with Crippen molar-refractivity contribution >= 4 is 34.8 Å². The van der Waals surface area contributed by atoms with Gasteiger partial charge in [0.2, 0.25) is 5.91 Å². The minimum Gasteiger partial charge on any atom is -0.491 e. The molecule has 0 aliphatic carbocycles. The van der Waals surface area contributed by atoms with Crippen LogP contribution in [0.3, 0.4) is 0 Å². The van der Waals surface area contributed by atoms with E-state index in [9.17, 15) is 14.0 Å². The van der Waals surface area contributed by atoms with Crippen molar-refractivity contribution in [1.29, 1.82) is 0 Å². The molecule has 1 aromatic heterocycles. The van der Waals surface area contributed by atoms with Gasteiger partial charge < -0.3 is 20.5 Å². The summed E-state index contributed by atoms with van der Waals surface area (Å²) in [7, 11) is 0. The van der Waals surface area contributed by atoms with Crippen molar-refractivity contribution in [2.24, 2.45) is 5.73 Å². The zero-order valence-electron chi connectivity index (χ0n) is 22.8. The number of aliphatic hydroxyl groups excluding tert-OH is 1. The van der Waals surface area contributed by atoms with Gasteiger partial charge in [-0.05, 0) is 60.4 Å². The van der Waals surface area contributed by atoms with Gasteiger partial charge in [-0.15, -0.1) is 11.3 Å². The van der Waals surface area contributed by atoms with Crippen molar-refractivity contribution < 1.29 is 23.8 Å². The number of primary amides is 1. The Morgan fingerprint density at radius 1 is 1.02 bits per heavy atom. The maximum absolute atomic E-state index is 13.8. The van der Waals surface area contributed by atoms with Crippen molar-refractivity contribution in [2.75, 3.05) is 26.3 Å². The number of piperidine rings is 1. The molecule has 1 fully saturated rings. The van der Waals surface area contributed by atoms with Crippen molar-refractivity contribution in [3.8, 4) is 27.3 Å². The Hall–Kier alpha value is -3.76. The zero-order chi connectivity index (χ0) is 29.7. The van der Waals surface area contributed by atoms with E-state index in [1.807, 2.05) is 54.6 Å². The number of carbonyl (C=O) groups is 2. The quantitative estimate of drug-likeness (QED) is 0.221. The predicted octanol–water partition coefficient (Wildman–Crippen LogP) is 5.50. The summed E-state index contributed by atoms with van der Waals surface area (Å²) in [5.41, 5.74) is 8.30. The molecule has 4 aromatic rings. The molecule has 10 heteroatoms. The highest BCUT2D eigenvalue weighted by Gasteiger charge is 2.41. The maximum atomic E-state index is 13.8. The smallest absolute Gasteiger partial charge is 0.263 e. The predicted molar refractivity (Wildman–Crippen MR) is 163 cm³/mol. The molecule has 0 spiro atoms. The van der Waals surface area contributed by atoms with Gasteiger partial charge in [-0.25, -0.2) is 4.39 Å². The molecular formula is C32H31ClFN3O4S. The molecule has 1 saturated heterocycles. The fraction of sp³-hybridized carbons (Fsp3) is 0.250. The SMILES string of the molecule is NC(=O)C1(NCc2ccc(F)cc2)CCN(C(=O)c2cc(-c3ccc(OCCO)cc3)c(-c3ccccc3Cl)s2)CC1. The number of aliphatic hydroxyl groups is 1. The Kier molecular flexibility index (Phi) is 9.23. The van der Waals surface area contributed by atoms with Gasteiger partial charge in [0.25, 0.3) is 5.91 Å². The number of rotatable bonds is 10. The molecule has 1 aliphatic rings. The van der Waals surface area contributed by atoms with Crippen LogP contribution in [0.25, 0.3) is 21.6 Å². The lowest BCUT2D eigenvalue weighted by Crippen LogP contribution is -2.61. The van der Waals surface area contributed by atoms with Gasteiger partial charge in [0.1, 0.15) is 23.7 Å². The molecule has 0 atom stereocenters. The lowest BCUT2D eigenvalue weighted by atomic mass is 9.86. The molecule has 0 unspecified atom stereocenters. The van der Waals surface area contributed by atoms with Gasteiger partial charge in [0.05, 0.1) is 11.5 Å². The van der Waals surface area contributed by atoms with Crippen LogP contribution >= 0.6 is 22.9 Å². The zero-order valence-corrected chi connectivity index (χ0v) is 24.4. The number of halogens is 2. The molecule has 42 heavy (non-hydrogen) atoms. The summed E-state index contributed by atoms with van der Waals surface area (Å²) in [4.78, 5) is 29.5. The first-order chi connectivity index (χ1) is 20.3. The van der Waals surface area contributed by atoms with Gasteiger partial charge in [-0.1, -0.05) is 54.1 Å². The number of likely N-dealkylation sites (tertiary alicyclic amines) is 1. The Labute approximate surface area is 252 Å². The minimum absolute atomic E-state index is 0.0736. The molecule has 0 bridgehead atoms. The number of amides is 2. The highest BCUT2D eigenvalue weighted by Crippen LogP contribution is 2.43. The number of benzene rings is 3. The van der Waals surface area contributed by atoms with E-state index in [-0.39, 0.29) is 24.9 Å². The second-order valence-corrected chi connectivity index (χ2v) is 11.6. The van der Waals surface area contributed by atoms with Gasteiger partial charge in [-0.2, -0.15) is 0 Å². The summed E-state index contributed by atoms with van der Waals surface area (Å²) in [5, 5.41) is 12.9. The second-order valence-electron chi connectivity index (χ2n) is 10.1. The van der Waals surface area contributed by atoms with Crippen LogP contribution in [0.4, 0.5) is 4.39 Å². The molecule has 2 amide bonds. The Bertz CT molecular complexity index is 1550. The molecule has 2 heterocycles. The molecule has 1 aliphatic heterocycles. The van der Waals surface area contributed by atoms with Gasteiger partial charge in [0, 0.05) is 40.7 Å². The third kappa shape index (κ3) is 6.50. The van der Waals surface area contributed by atoms with Crippen LogP contribution in [0, 0.1) is 5.82 Å². The van der Waals surface area contributed by atoms with Gasteiger partial charge in [-0.3, -0.25) is 14.9 Å². The summed E-state index contributed by atoms with van der Waals surface area (Å²) in [6.07, 6.45) is 0.723. The molecule has 218 valence electrons. The van der Waals surface area contributed by atoms with E-state index in [0.717, 1.165) is 27.1 Å². The Morgan fingerprint density at radius 3 is 2.36 bits per heavy atom. The molecule has 0 saturated carbocycles. The number of nitrogens with zero attached hydrogens (tertiary/aromatic N) is 1. The first kappa shape index (κ1) is 29.7. The summed E-state index contributed by atoms with van der Waals surface area (Å²) in [6, 6.07) is 23.0. The monoisotopic (exact) mass is 607 g/mol. The molecule has 4 N–H and O–H groups in total. The van der Waals surface area contributed by atoms with Crippen LogP contribution in [-0.2, 0) is 11.3 Å². The number of hydrogen-bond acceptors (Lipinski definition) is 6. The minimum atomic E-state index is -0.964. The van der Waals surface area contributed by atoms with Gasteiger partial charge >= 0.3 is 0 Å². The van der Waals surface area contributed by atoms with E-state index in [4.69, 9.17) is 27.2 Å². The van der Waals surface area contributed by atoms with E-state index >= 15 is 0 Å². The molecule has 5 rings (SSSR count). The van der Waals surface area contributed by atoms with E-state index in [0.29, 0.717) is 48.1 Å². The van der Waals surface area contributed by atoms with Crippen LogP contribution in [0.15, 0.2) is 78.9 Å². The maximum Gasteiger partial charge on any atom is 0.263 e. The van der Waals surface area contributed by atoms with Crippen LogP contribution < -0.4 is 15.8 Å². The Morgan fingerprint density at radius 2 is 1.71 bits per heavy atom. The van der Waals surface area contributed by atoms with Crippen LogP contribution in [0.2, 0.25) is 5.02 Å². The second kappa shape index (κ2) is 13.0. The summed E-state index contributed by atoms with van der Waals surface area (Å²) >= 11 is 7.96. The number of nitrogens with two attached hydrogens (primary N) is 1. The van der Waals surface area contributed by atoms with Crippen molar-refractivity contribution in [3.63, 3.8) is 0 Å². The summed E-state index contributed by atoms with van der Waals surface area (Å²) < 4.78 is 18.8. The summed E-state index contributed by atoms with van der Waals surface area (Å²) in [6.45, 7) is 1.19. The average molecular weight is 608 g/mol. The lowest BCUT2D eigenvalue weighted by Gasteiger charge is -2.40. The number of thiophene rings is 1. The molecule has 7 nitrogen and oxygen atoms in total. The van der Waals surface area contributed by atoms with E-state index in [2.05, 4.69) is 5.32 Å². The number of carbonyl (C=O) groups excluding carboxylic acids is 2. The number of nitrogens with one attached hydrogen (secondary N) is 1. The average Bonchev–Trinajstić information content (AvgIpc) is 3.45. The standard InChI is InChI=1S/C32H31ClFN3O4S/c33-27-4-2-1-3-25(27)29-26(22-7-11-24(12-8-22)41-18-17-38)19-28(42-29)30(39)37-15-13-32(14-16-37,31(35)40)36-20-21-5-9-23(34)10-6-21/h1-12,19,36,38H,13-18,20H2,(H2,35,40). The highest BCUT2D eigenvalue weighted by molar-refractivity contribution is 7.18. The lowest BCUT2D eigenvalue weighted by molar-refractivity contribution is -0.126. The largest absolute Gasteiger partial charge is 0.491 e. The first-order valence-electron chi connectivity index (χ1n) is 13.6. The van der Waals surface area contributed by atoms with Gasteiger partial charge in [0.15, 0.2) is 0 Å². The van der Waals surface area contributed by atoms with E-state index < -0.39 is 11.4 Å². The van der Waals surface area contributed by atoms with Crippen LogP contribution in [0.1, 0.15) is 28.1 Å². The summed E-state index contributed by atoms with van der Waals surface area (Å²) in [5.74, 6) is -0.284. The van der Waals surface area contributed by atoms with Crippen molar-refractivity contribution in [1.82, 2.24) is 10.2 Å². The highest BCUT2D eigenvalue weighted by atomic mass is 35.5. The van der Waals surface area contributed by atoms with Crippen LogP contribution in [-0.4, -0.2) is 53.7 Å². The third-order valence-electron chi connectivity index (χ3n) is 7.51. The Balaban J connectivity index is 1.36. The molecular weight excluding hydrogens is 577 g/mol. The normalized spacial score (nSPS) is 14.5. The van der Waals surface area contributed by atoms with Crippen molar-refractivity contribution in [2.45, 2.75) is 24.9 Å². The topological polar surface area (TPSA) is 105 Å². The number of hydrogen-bond donors (Lipinski definition) is 3.